The summed E-state index contributed by atoms with van der Waals surface area (Å²) in [5.41, 5.74) is 3.13. The first-order valence-corrected chi connectivity index (χ1v) is 10.1. The van der Waals surface area contributed by atoms with Crippen LogP contribution in [0.1, 0.15) is 34.0 Å². The molecule has 3 aromatic rings. The van der Waals surface area contributed by atoms with Crippen LogP contribution < -0.4 is 14.2 Å². The van der Waals surface area contributed by atoms with Crippen molar-refractivity contribution in [2.75, 3.05) is 6.61 Å². The molecule has 0 atom stereocenters. The van der Waals surface area contributed by atoms with Crippen molar-refractivity contribution in [1.82, 2.24) is 0 Å². The Hall–Kier alpha value is -3.24. The molecule has 0 aromatic heterocycles. The number of ketones is 1. The molecule has 0 spiro atoms. The topological polar surface area (TPSA) is 44.8 Å². The third-order valence-corrected chi connectivity index (χ3v) is 4.98. The van der Waals surface area contributed by atoms with Crippen LogP contribution in [0.5, 0.6) is 17.2 Å². The predicted molar refractivity (Wildman–Crippen MR) is 118 cm³/mol. The Morgan fingerprint density at radius 3 is 2.67 bits per heavy atom. The lowest BCUT2D eigenvalue weighted by molar-refractivity contribution is 0.101. The summed E-state index contributed by atoms with van der Waals surface area (Å²) < 4.78 is 17.5. The Kier molecular flexibility index (Phi) is 5.77. The largest absolute Gasteiger partial charge is 0.493 e. The van der Waals surface area contributed by atoms with E-state index in [1.165, 1.54) is 0 Å². The van der Waals surface area contributed by atoms with Crippen LogP contribution in [0.25, 0.3) is 6.08 Å². The number of para-hydroxylation sites is 1. The molecule has 1 heterocycles. The quantitative estimate of drug-likeness (QED) is 0.442. The van der Waals surface area contributed by atoms with Gasteiger partial charge in [-0.05, 0) is 55.3 Å². The number of hydrogen-bond acceptors (Lipinski definition) is 4. The first-order chi connectivity index (χ1) is 14.5. The van der Waals surface area contributed by atoms with E-state index in [9.17, 15) is 4.79 Å². The van der Waals surface area contributed by atoms with Crippen LogP contribution in [0.2, 0.25) is 5.02 Å². The minimum Gasteiger partial charge on any atom is -0.493 e. The van der Waals surface area contributed by atoms with Crippen molar-refractivity contribution in [3.8, 4) is 17.2 Å². The highest BCUT2D eigenvalue weighted by atomic mass is 35.5. The van der Waals surface area contributed by atoms with E-state index in [0.717, 1.165) is 16.7 Å². The SMILES string of the molecule is CCOc1ccccc1/C=C1\Oc2cc(OCc3cccc(Cl)c3)cc(C)c2C1=O. The minimum atomic E-state index is -0.143. The smallest absolute Gasteiger partial charge is 0.232 e. The molecule has 0 bridgehead atoms. The number of carbonyl (C=O) groups is 1. The zero-order valence-corrected chi connectivity index (χ0v) is 17.5. The van der Waals surface area contributed by atoms with Gasteiger partial charge in [0.25, 0.3) is 0 Å². The Morgan fingerprint density at radius 2 is 1.87 bits per heavy atom. The molecule has 30 heavy (non-hydrogen) atoms. The van der Waals surface area contributed by atoms with Gasteiger partial charge < -0.3 is 14.2 Å². The van der Waals surface area contributed by atoms with Crippen molar-refractivity contribution >= 4 is 23.5 Å². The van der Waals surface area contributed by atoms with Crippen LogP contribution >= 0.6 is 11.6 Å². The van der Waals surface area contributed by atoms with E-state index in [1.807, 2.05) is 68.4 Å². The average molecular weight is 421 g/mol. The highest BCUT2D eigenvalue weighted by Crippen LogP contribution is 2.38. The van der Waals surface area contributed by atoms with Crippen molar-refractivity contribution in [2.24, 2.45) is 0 Å². The van der Waals surface area contributed by atoms with Gasteiger partial charge in [-0.15, -0.1) is 0 Å². The van der Waals surface area contributed by atoms with Crippen LogP contribution in [-0.4, -0.2) is 12.4 Å². The standard InChI is InChI=1S/C25H21ClO4/c1-3-28-21-10-5-4-8-18(21)13-23-25(27)24-16(2)11-20(14-22(24)30-23)29-15-17-7-6-9-19(26)12-17/h4-14H,3,15H2,1-2H3/b23-13-. The van der Waals surface area contributed by atoms with Gasteiger partial charge in [0.2, 0.25) is 5.78 Å². The van der Waals surface area contributed by atoms with E-state index >= 15 is 0 Å². The lowest BCUT2D eigenvalue weighted by Crippen LogP contribution is -2.01. The molecule has 1 aliphatic rings. The van der Waals surface area contributed by atoms with E-state index in [4.69, 9.17) is 25.8 Å². The minimum absolute atomic E-state index is 0.143. The van der Waals surface area contributed by atoms with Crippen molar-refractivity contribution in [3.05, 3.63) is 93.7 Å². The van der Waals surface area contributed by atoms with Crippen molar-refractivity contribution < 1.29 is 19.0 Å². The molecule has 0 unspecified atom stereocenters. The fourth-order valence-corrected chi connectivity index (χ4v) is 3.60. The van der Waals surface area contributed by atoms with Crippen LogP contribution in [0, 0.1) is 6.92 Å². The molecule has 4 nitrogen and oxygen atoms in total. The fraction of sp³-hybridized carbons (Fsp3) is 0.160. The highest BCUT2D eigenvalue weighted by Gasteiger charge is 2.30. The normalized spacial score (nSPS) is 13.8. The first kappa shape index (κ1) is 20.0. The maximum Gasteiger partial charge on any atom is 0.232 e. The monoisotopic (exact) mass is 420 g/mol. The number of hydrogen-bond donors (Lipinski definition) is 0. The molecule has 152 valence electrons. The van der Waals surface area contributed by atoms with E-state index in [1.54, 1.807) is 12.1 Å². The molecule has 0 N–H and O–H groups in total. The number of allylic oxidation sites excluding steroid dienone is 1. The second kappa shape index (κ2) is 8.64. The van der Waals surface area contributed by atoms with Gasteiger partial charge in [0, 0.05) is 16.7 Å². The summed E-state index contributed by atoms with van der Waals surface area (Å²) in [6.45, 7) is 4.72. The zero-order valence-electron chi connectivity index (χ0n) is 16.8. The molecule has 5 heteroatoms. The van der Waals surface area contributed by atoms with Gasteiger partial charge in [0.1, 0.15) is 23.9 Å². The fourth-order valence-electron chi connectivity index (χ4n) is 3.38. The summed E-state index contributed by atoms with van der Waals surface area (Å²) in [4.78, 5) is 12.9. The van der Waals surface area contributed by atoms with Gasteiger partial charge in [-0.1, -0.05) is 41.9 Å². The lowest BCUT2D eigenvalue weighted by atomic mass is 10.0. The summed E-state index contributed by atoms with van der Waals surface area (Å²) >= 11 is 6.03. The third kappa shape index (κ3) is 4.19. The van der Waals surface area contributed by atoms with E-state index < -0.39 is 0 Å². The zero-order chi connectivity index (χ0) is 21.1. The molecular weight excluding hydrogens is 400 g/mol. The summed E-state index contributed by atoms with van der Waals surface area (Å²) in [5, 5.41) is 0.664. The molecule has 0 saturated carbocycles. The summed E-state index contributed by atoms with van der Waals surface area (Å²) in [6.07, 6.45) is 1.72. The first-order valence-electron chi connectivity index (χ1n) is 9.73. The highest BCUT2D eigenvalue weighted by molar-refractivity contribution is 6.30. The number of halogens is 1. The Morgan fingerprint density at radius 1 is 1.03 bits per heavy atom. The van der Waals surface area contributed by atoms with Crippen LogP contribution in [0.4, 0.5) is 0 Å². The Balaban J connectivity index is 1.58. The molecule has 0 amide bonds. The second-order valence-electron chi connectivity index (χ2n) is 6.94. The Labute approximate surface area is 180 Å². The van der Waals surface area contributed by atoms with Crippen molar-refractivity contribution in [3.63, 3.8) is 0 Å². The van der Waals surface area contributed by atoms with Crippen LogP contribution in [0.15, 0.2) is 66.4 Å². The number of aryl methyl sites for hydroxylation is 1. The molecule has 4 rings (SSSR count). The molecule has 3 aromatic carbocycles. The molecule has 0 fully saturated rings. The van der Waals surface area contributed by atoms with Gasteiger partial charge >= 0.3 is 0 Å². The molecule has 0 aliphatic carbocycles. The van der Waals surface area contributed by atoms with E-state index in [0.29, 0.717) is 41.0 Å². The van der Waals surface area contributed by atoms with Gasteiger partial charge in [-0.3, -0.25) is 4.79 Å². The molecular formula is C25H21ClO4. The third-order valence-electron chi connectivity index (χ3n) is 4.74. The summed E-state index contributed by atoms with van der Waals surface area (Å²) in [6, 6.07) is 18.7. The van der Waals surface area contributed by atoms with Gasteiger partial charge in [0.05, 0.1) is 12.2 Å². The number of Topliss-reactive ketones (excluding diaryl/α,β-unsaturated/α-hetero) is 1. The molecule has 0 saturated heterocycles. The number of rotatable bonds is 6. The Bertz CT molecular complexity index is 1130. The maximum absolute atomic E-state index is 12.9. The van der Waals surface area contributed by atoms with Crippen LogP contribution in [0.3, 0.4) is 0 Å². The number of carbonyl (C=O) groups excluding carboxylic acids is 1. The number of benzene rings is 3. The number of ether oxygens (including phenoxy) is 3. The second-order valence-corrected chi connectivity index (χ2v) is 7.38. The maximum atomic E-state index is 12.9. The van der Waals surface area contributed by atoms with Crippen molar-refractivity contribution in [2.45, 2.75) is 20.5 Å². The summed E-state index contributed by atoms with van der Waals surface area (Å²) in [5.74, 6) is 1.97. The van der Waals surface area contributed by atoms with Gasteiger partial charge in [0.15, 0.2) is 5.76 Å². The predicted octanol–water partition coefficient (Wildman–Crippen LogP) is 6.24. The molecule has 0 radical (unpaired) electrons. The van der Waals surface area contributed by atoms with E-state index in [2.05, 4.69) is 0 Å². The lowest BCUT2D eigenvalue weighted by Gasteiger charge is -2.09. The van der Waals surface area contributed by atoms with Crippen LogP contribution in [-0.2, 0) is 6.61 Å². The number of fused-ring (bicyclic) bond motifs is 1. The average Bonchev–Trinajstić information content (AvgIpc) is 3.04. The molecule has 1 aliphatic heterocycles. The van der Waals surface area contributed by atoms with Gasteiger partial charge in [-0.25, -0.2) is 0 Å². The van der Waals surface area contributed by atoms with E-state index in [-0.39, 0.29) is 11.5 Å². The van der Waals surface area contributed by atoms with Gasteiger partial charge in [-0.2, -0.15) is 0 Å². The summed E-state index contributed by atoms with van der Waals surface area (Å²) in [7, 11) is 0. The van der Waals surface area contributed by atoms with Crippen molar-refractivity contribution in [1.29, 1.82) is 0 Å².